The van der Waals surface area contributed by atoms with Crippen molar-refractivity contribution in [2.24, 2.45) is 0 Å². The van der Waals surface area contributed by atoms with Gasteiger partial charge in [-0.15, -0.1) is 11.6 Å². The second-order valence-corrected chi connectivity index (χ2v) is 4.83. The van der Waals surface area contributed by atoms with Gasteiger partial charge in [0.25, 0.3) is 0 Å². The molecule has 0 aliphatic heterocycles. The van der Waals surface area contributed by atoms with Crippen molar-refractivity contribution >= 4 is 17.3 Å². The highest BCUT2D eigenvalue weighted by Gasteiger charge is 2.18. The molecule has 0 unspecified atom stereocenters. The Bertz CT molecular complexity index is 382. The first-order valence-corrected chi connectivity index (χ1v) is 7.31. The fourth-order valence-electron chi connectivity index (χ4n) is 2.36. The molecule has 0 fully saturated rings. The van der Waals surface area contributed by atoms with Crippen LogP contribution in [-0.4, -0.2) is 26.3 Å². The van der Waals surface area contributed by atoms with E-state index in [1.165, 1.54) is 12.1 Å². The minimum Gasteiger partial charge on any atom is -0.383 e. The van der Waals surface area contributed by atoms with Crippen molar-refractivity contribution in [3.05, 3.63) is 29.6 Å². The molecule has 0 N–H and O–H groups in total. The summed E-state index contributed by atoms with van der Waals surface area (Å²) in [4.78, 5) is 2.28. The molecule has 0 aromatic heterocycles. The maximum Gasteiger partial charge on any atom is 0.123 e. The Morgan fingerprint density at radius 1 is 1.32 bits per heavy atom. The molecule has 0 aliphatic rings. The number of hydrogen-bond donors (Lipinski definition) is 0. The maximum absolute atomic E-state index is 13.3. The second-order valence-electron chi connectivity index (χ2n) is 4.56. The summed E-state index contributed by atoms with van der Waals surface area (Å²) in [5.41, 5.74) is 1.85. The van der Waals surface area contributed by atoms with Gasteiger partial charge in [-0.05, 0) is 36.6 Å². The molecule has 19 heavy (non-hydrogen) atoms. The van der Waals surface area contributed by atoms with E-state index in [9.17, 15) is 4.39 Å². The zero-order valence-corrected chi connectivity index (χ0v) is 12.7. The number of alkyl halides is 1. The predicted octanol–water partition coefficient (Wildman–Crippen LogP) is 4.21. The van der Waals surface area contributed by atoms with Crippen LogP contribution in [0.1, 0.15) is 32.3 Å². The molecular formula is C15H23ClFNO. The van der Waals surface area contributed by atoms with E-state index in [0.717, 1.165) is 30.6 Å². The Labute approximate surface area is 120 Å². The van der Waals surface area contributed by atoms with Crippen LogP contribution in [0.4, 0.5) is 10.1 Å². The summed E-state index contributed by atoms with van der Waals surface area (Å²) >= 11 is 5.95. The lowest BCUT2D eigenvalue weighted by atomic mass is 10.1. The van der Waals surface area contributed by atoms with E-state index in [-0.39, 0.29) is 5.82 Å². The smallest absolute Gasteiger partial charge is 0.123 e. The van der Waals surface area contributed by atoms with Crippen molar-refractivity contribution < 1.29 is 9.13 Å². The van der Waals surface area contributed by atoms with Crippen LogP contribution in [-0.2, 0) is 10.6 Å². The van der Waals surface area contributed by atoms with E-state index in [1.807, 2.05) is 6.07 Å². The Morgan fingerprint density at radius 2 is 2.00 bits per heavy atom. The molecule has 0 saturated carbocycles. The first kappa shape index (κ1) is 16.3. The normalized spacial score (nSPS) is 11.1. The SMILES string of the molecule is CCC(CC)N(CCOC)c1ccc(F)cc1CCl. The molecule has 0 amide bonds. The fraction of sp³-hybridized carbons (Fsp3) is 0.600. The van der Waals surface area contributed by atoms with Gasteiger partial charge >= 0.3 is 0 Å². The van der Waals surface area contributed by atoms with Gasteiger partial charge < -0.3 is 9.64 Å². The predicted molar refractivity (Wildman–Crippen MR) is 79.5 cm³/mol. The van der Waals surface area contributed by atoms with Crippen LogP contribution in [0.25, 0.3) is 0 Å². The van der Waals surface area contributed by atoms with Crippen LogP contribution in [0.5, 0.6) is 0 Å². The molecule has 0 aliphatic carbocycles. The Kier molecular flexibility index (Phi) is 7.17. The zero-order chi connectivity index (χ0) is 14.3. The standard InChI is InChI=1S/C15H23ClFNO/c1-4-14(5-2)18(8-9-19-3)15-7-6-13(17)10-12(15)11-16/h6-7,10,14H,4-5,8-9,11H2,1-3H3. The highest BCUT2D eigenvalue weighted by molar-refractivity contribution is 6.17. The van der Waals surface area contributed by atoms with E-state index < -0.39 is 0 Å². The summed E-state index contributed by atoms with van der Waals surface area (Å²) < 4.78 is 18.5. The number of methoxy groups -OCH3 is 1. The summed E-state index contributed by atoms with van der Waals surface area (Å²) in [5, 5.41) is 0. The number of anilines is 1. The first-order chi connectivity index (χ1) is 9.17. The van der Waals surface area contributed by atoms with Gasteiger partial charge in [-0.2, -0.15) is 0 Å². The molecule has 0 saturated heterocycles. The topological polar surface area (TPSA) is 12.5 Å². The van der Waals surface area contributed by atoms with Gasteiger partial charge in [-0.25, -0.2) is 4.39 Å². The van der Waals surface area contributed by atoms with Gasteiger partial charge in [0, 0.05) is 31.3 Å². The molecule has 2 nitrogen and oxygen atoms in total. The highest BCUT2D eigenvalue weighted by Crippen LogP contribution is 2.27. The number of benzene rings is 1. The monoisotopic (exact) mass is 287 g/mol. The number of nitrogens with zero attached hydrogens (tertiary/aromatic N) is 1. The molecule has 1 aromatic carbocycles. The summed E-state index contributed by atoms with van der Waals surface area (Å²) in [7, 11) is 1.69. The third kappa shape index (κ3) is 4.36. The van der Waals surface area contributed by atoms with Crippen LogP contribution in [0.3, 0.4) is 0 Å². The molecule has 0 radical (unpaired) electrons. The largest absolute Gasteiger partial charge is 0.383 e. The van der Waals surface area contributed by atoms with E-state index >= 15 is 0 Å². The third-order valence-corrected chi connectivity index (χ3v) is 3.70. The third-order valence-electron chi connectivity index (χ3n) is 3.41. The van der Waals surface area contributed by atoms with Crippen molar-refractivity contribution in [2.45, 2.75) is 38.6 Å². The second kappa shape index (κ2) is 8.39. The van der Waals surface area contributed by atoms with E-state index in [1.54, 1.807) is 7.11 Å². The molecule has 1 rings (SSSR count). The first-order valence-electron chi connectivity index (χ1n) is 6.77. The van der Waals surface area contributed by atoms with Crippen molar-refractivity contribution in [3.8, 4) is 0 Å². The van der Waals surface area contributed by atoms with Crippen molar-refractivity contribution in [3.63, 3.8) is 0 Å². The summed E-state index contributed by atoms with van der Waals surface area (Å²) in [6, 6.07) is 5.25. The van der Waals surface area contributed by atoms with Crippen molar-refractivity contribution in [1.29, 1.82) is 0 Å². The van der Waals surface area contributed by atoms with Gasteiger partial charge in [-0.1, -0.05) is 13.8 Å². The van der Waals surface area contributed by atoms with Gasteiger partial charge in [0.15, 0.2) is 0 Å². The lowest BCUT2D eigenvalue weighted by Crippen LogP contribution is -2.37. The van der Waals surface area contributed by atoms with Crippen LogP contribution < -0.4 is 4.90 Å². The van der Waals surface area contributed by atoms with Crippen LogP contribution in [0, 0.1) is 5.82 Å². The molecule has 0 heterocycles. The number of halogens is 2. The Morgan fingerprint density at radius 3 is 2.53 bits per heavy atom. The lowest BCUT2D eigenvalue weighted by molar-refractivity contribution is 0.202. The highest BCUT2D eigenvalue weighted by atomic mass is 35.5. The van der Waals surface area contributed by atoms with Crippen LogP contribution >= 0.6 is 11.6 Å². The molecule has 1 aromatic rings. The van der Waals surface area contributed by atoms with Crippen LogP contribution in [0.2, 0.25) is 0 Å². The van der Waals surface area contributed by atoms with Gasteiger partial charge in [0.05, 0.1) is 6.61 Å². The molecule has 0 atom stereocenters. The Hall–Kier alpha value is -0.800. The molecular weight excluding hydrogens is 265 g/mol. The van der Waals surface area contributed by atoms with Gasteiger partial charge in [-0.3, -0.25) is 0 Å². The van der Waals surface area contributed by atoms with E-state index in [4.69, 9.17) is 16.3 Å². The van der Waals surface area contributed by atoms with E-state index in [2.05, 4.69) is 18.7 Å². The molecule has 4 heteroatoms. The quantitative estimate of drug-likeness (QED) is 0.664. The lowest BCUT2D eigenvalue weighted by Gasteiger charge is -2.34. The van der Waals surface area contributed by atoms with Gasteiger partial charge in [0.1, 0.15) is 5.82 Å². The molecule has 0 bridgehead atoms. The summed E-state index contributed by atoms with van der Waals surface area (Å²) in [6.45, 7) is 5.77. The average Bonchev–Trinajstić information content (AvgIpc) is 2.43. The van der Waals surface area contributed by atoms with Crippen LogP contribution in [0.15, 0.2) is 18.2 Å². The Balaban J connectivity index is 3.08. The number of rotatable bonds is 8. The maximum atomic E-state index is 13.3. The number of ether oxygens (including phenoxy) is 1. The average molecular weight is 288 g/mol. The number of hydrogen-bond acceptors (Lipinski definition) is 2. The minimum atomic E-state index is -0.240. The summed E-state index contributed by atoms with van der Waals surface area (Å²) in [5.74, 6) is 0.0760. The fourth-order valence-corrected chi connectivity index (χ4v) is 2.57. The minimum absolute atomic E-state index is 0.240. The molecule has 108 valence electrons. The zero-order valence-electron chi connectivity index (χ0n) is 12.0. The van der Waals surface area contributed by atoms with Crippen molar-refractivity contribution in [2.75, 3.05) is 25.2 Å². The van der Waals surface area contributed by atoms with Gasteiger partial charge in [0.2, 0.25) is 0 Å². The van der Waals surface area contributed by atoms with Crippen molar-refractivity contribution in [1.82, 2.24) is 0 Å². The van der Waals surface area contributed by atoms with E-state index in [0.29, 0.717) is 18.5 Å². The molecule has 0 spiro atoms. The summed E-state index contributed by atoms with van der Waals surface area (Å²) in [6.07, 6.45) is 2.08.